The van der Waals surface area contributed by atoms with Gasteiger partial charge in [-0.15, -0.1) is 0 Å². The predicted molar refractivity (Wildman–Crippen MR) is 63.1 cm³/mol. The second-order valence-electron chi connectivity index (χ2n) is 3.69. The van der Waals surface area contributed by atoms with Crippen LogP contribution in [0.4, 0.5) is 5.69 Å². The molecule has 0 atom stereocenters. The quantitative estimate of drug-likeness (QED) is 0.787. The van der Waals surface area contributed by atoms with E-state index in [9.17, 15) is 4.79 Å². The van der Waals surface area contributed by atoms with E-state index >= 15 is 0 Å². The smallest absolute Gasteiger partial charge is 0.337 e. The Balaban J connectivity index is 2.17. The van der Waals surface area contributed by atoms with Gasteiger partial charge in [0.05, 0.1) is 29.4 Å². The fourth-order valence-corrected chi connectivity index (χ4v) is 1.66. The molecule has 0 radical (unpaired) electrons. The lowest BCUT2D eigenvalue weighted by molar-refractivity contribution is 0.0601. The van der Waals surface area contributed by atoms with Crippen LogP contribution < -0.4 is 10.6 Å². The van der Waals surface area contributed by atoms with E-state index in [0.29, 0.717) is 16.6 Å². The Morgan fingerprint density at radius 2 is 2.31 bits per heavy atom. The molecule has 86 valence electrons. The van der Waals surface area contributed by atoms with Crippen LogP contribution in [0, 0.1) is 0 Å². The maximum Gasteiger partial charge on any atom is 0.337 e. The van der Waals surface area contributed by atoms with Gasteiger partial charge < -0.3 is 15.4 Å². The first-order valence-electron chi connectivity index (χ1n) is 5.06. The van der Waals surface area contributed by atoms with E-state index in [4.69, 9.17) is 11.6 Å². The minimum atomic E-state index is -0.355. The maximum atomic E-state index is 11.3. The lowest BCUT2D eigenvalue weighted by Gasteiger charge is -2.29. The Morgan fingerprint density at radius 1 is 1.56 bits per heavy atom. The highest BCUT2D eigenvalue weighted by Gasteiger charge is 2.18. The van der Waals surface area contributed by atoms with Crippen molar-refractivity contribution in [1.29, 1.82) is 0 Å². The van der Waals surface area contributed by atoms with E-state index < -0.39 is 0 Å². The summed E-state index contributed by atoms with van der Waals surface area (Å²) in [4.78, 5) is 11.3. The normalized spacial score (nSPS) is 15.4. The minimum Gasteiger partial charge on any atom is -0.465 e. The van der Waals surface area contributed by atoms with Gasteiger partial charge in [-0.3, -0.25) is 0 Å². The number of carbonyl (C=O) groups excluding carboxylic acids is 1. The third kappa shape index (κ3) is 2.28. The lowest BCUT2D eigenvalue weighted by Crippen LogP contribution is -2.51. The molecule has 4 nitrogen and oxygen atoms in total. The van der Waals surface area contributed by atoms with Crippen molar-refractivity contribution in [3.63, 3.8) is 0 Å². The molecular formula is C11H13ClN2O2. The Morgan fingerprint density at radius 3 is 2.88 bits per heavy atom. The van der Waals surface area contributed by atoms with Crippen LogP contribution in [0.15, 0.2) is 18.2 Å². The Kier molecular flexibility index (Phi) is 3.31. The van der Waals surface area contributed by atoms with Gasteiger partial charge in [0, 0.05) is 13.1 Å². The molecule has 2 N–H and O–H groups in total. The largest absolute Gasteiger partial charge is 0.465 e. The van der Waals surface area contributed by atoms with Crippen LogP contribution >= 0.6 is 11.6 Å². The summed E-state index contributed by atoms with van der Waals surface area (Å²) in [7, 11) is 1.36. The van der Waals surface area contributed by atoms with Gasteiger partial charge in [-0.05, 0) is 18.2 Å². The van der Waals surface area contributed by atoms with Gasteiger partial charge in [0.25, 0.3) is 0 Å². The van der Waals surface area contributed by atoms with E-state index in [2.05, 4.69) is 15.4 Å². The Bertz CT molecular complexity index is 405. The molecule has 0 saturated carbocycles. The lowest BCUT2D eigenvalue weighted by atomic mass is 10.1. The summed E-state index contributed by atoms with van der Waals surface area (Å²) in [6.07, 6.45) is 0. The Hall–Kier alpha value is -1.26. The standard InChI is InChI=1S/C11H13ClN2O2/c1-16-11(15)7-2-3-9(12)10(4-7)14-8-5-13-6-8/h2-4,8,13-14H,5-6H2,1H3. The van der Waals surface area contributed by atoms with Crippen molar-refractivity contribution in [3.05, 3.63) is 28.8 Å². The van der Waals surface area contributed by atoms with Crippen molar-refractivity contribution in [3.8, 4) is 0 Å². The molecule has 2 rings (SSSR count). The van der Waals surface area contributed by atoms with E-state index in [0.717, 1.165) is 18.8 Å². The molecular weight excluding hydrogens is 228 g/mol. The van der Waals surface area contributed by atoms with Crippen molar-refractivity contribution in [2.24, 2.45) is 0 Å². The molecule has 1 aliphatic heterocycles. The van der Waals surface area contributed by atoms with Crippen LogP contribution in [0.3, 0.4) is 0 Å². The van der Waals surface area contributed by atoms with Crippen LogP contribution in [-0.2, 0) is 4.74 Å². The van der Waals surface area contributed by atoms with Crippen LogP contribution in [-0.4, -0.2) is 32.2 Å². The van der Waals surface area contributed by atoms with Crippen molar-refractivity contribution in [2.45, 2.75) is 6.04 Å². The first-order valence-corrected chi connectivity index (χ1v) is 5.43. The van der Waals surface area contributed by atoms with E-state index in [1.807, 2.05) is 0 Å². The first-order chi connectivity index (χ1) is 7.70. The van der Waals surface area contributed by atoms with E-state index in [1.54, 1.807) is 18.2 Å². The zero-order valence-corrected chi connectivity index (χ0v) is 9.67. The number of ether oxygens (including phenoxy) is 1. The third-order valence-corrected chi connectivity index (χ3v) is 2.86. The van der Waals surface area contributed by atoms with Gasteiger partial charge in [-0.25, -0.2) is 4.79 Å². The number of carbonyl (C=O) groups is 1. The molecule has 0 spiro atoms. The van der Waals surface area contributed by atoms with Crippen molar-refractivity contribution in [1.82, 2.24) is 5.32 Å². The number of esters is 1. The molecule has 1 heterocycles. The number of halogens is 1. The zero-order chi connectivity index (χ0) is 11.5. The molecule has 0 aliphatic carbocycles. The molecule has 0 bridgehead atoms. The first kappa shape index (κ1) is 11.2. The highest BCUT2D eigenvalue weighted by Crippen LogP contribution is 2.24. The molecule has 1 aromatic carbocycles. The van der Waals surface area contributed by atoms with Gasteiger partial charge in [-0.1, -0.05) is 11.6 Å². The molecule has 1 saturated heterocycles. The molecule has 16 heavy (non-hydrogen) atoms. The van der Waals surface area contributed by atoms with Gasteiger partial charge in [-0.2, -0.15) is 0 Å². The summed E-state index contributed by atoms with van der Waals surface area (Å²) >= 11 is 6.03. The van der Waals surface area contributed by atoms with E-state index in [-0.39, 0.29) is 5.97 Å². The summed E-state index contributed by atoms with van der Waals surface area (Å²) in [6, 6.07) is 5.44. The number of anilines is 1. The van der Waals surface area contributed by atoms with E-state index in [1.165, 1.54) is 7.11 Å². The van der Waals surface area contributed by atoms with Crippen molar-refractivity contribution >= 4 is 23.3 Å². The molecule has 1 aromatic rings. The zero-order valence-electron chi connectivity index (χ0n) is 8.92. The number of hydrogen-bond acceptors (Lipinski definition) is 4. The second-order valence-corrected chi connectivity index (χ2v) is 4.09. The SMILES string of the molecule is COC(=O)c1ccc(Cl)c(NC2CNC2)c1. The van der Waals surface area contributed by atoms with Gasteiger partial charge in [0.15, 0.2) is 0 Å². The van der Waals surface area contributed by atoms with Crippen LogP contribution in [0.5, 0.6) is 0 Å². The molecule has 0 amide bonds. The molecule has 1 fully saturated rings. The summed E-state index contributed by atoms with van der Waals surface area (Å²) in [5.74, 6) is -0.355. The average molecular weight is 241 g/mol. The number of rotatable bonds is 3. The predicted octanol–water partition coefficient (Wildman–Crippen LogP) is 1.51. The van der Waals surface area contributed by atoms with Crippen molar-refractivity contribution < 1.29 is 9.53 Å². The number of benzene rings is 1. The van der Waals surface area contributed by atoms with Crippen LogP contribution in [0.1, 0.15) is 10.4 Å². The number of nitrogens with one attached hydrogen (secondary N) is 2. The fraction of sp³-hybridized carbons (Fsp3) is 0.364. The van der Waals surface area contributed by atoms with Crippen molar-refractivity contribution in [2.75, 3.05) is 25.5 Å². The fourth-order valence-electron chi connectivity index (χ4n) is 1.49. The maximum absolute atomic E-state index is 11.3. The summed E-state index contributed by atoms with van der Waals surface area (Å²) < 4.78 is 4.65. The number of methoxy groups -OCH3 is 1. The molecule has 1 aliphatic rings. The number of hydrogen-bond donors (Lipinski definition) is 2. The Labute approximate surface area is 98.9 Å². The van der Waals surface area contributed by atoms with Gasteiger partial charge in [0.2, 0.25) is 0 Å². The van der Waals surface area contributed by atoms with Crippen LogP contribution in [0.2, 0.25) is 5.02 Å². The molecule has 0 aromatic heterocycles. The minimum absolute atomic E-state index is 0.355. The highest BCUT2D eigenvalue weighted by atomic mass is 35.5. The highest BCUT2D eigenvalue weighted by molar-refractivity contribution is 6.33. The monoisotopic (exact) mass is 240 g/mol. The van der Waals surface area contributed by atoms with Gasteiger partial charge >= 0.3 is 5.97 Å². The third-order valence-electron chi connectivity index (χ3n) is 2.53. The summed E-state index contributed by atoms with van der Waals surface area (Å²) in [5.41, 5.74) is 1.28. The topological polar surface area (TPSA) is 50.4 Å². The second kappa shape index (κ2) is 4.72. The van der Waals surface area contributed by atoms with Gasteiger partial charge in [0.1, 0.15) is 0 Å². The van der Waals surface area contributed by atoms with Crippen LogP contribution in [0.25, 0.3) is 0 Å². The summed E-state index contributed by atoms with van der Waals surface area (Å²) in [5, 5.41) is 7.03. The molecule has 5 heteroatoms. The average Bonchev–Trinajstić information content (AvgIpc) is 2.24. The molecule has 0 unspecified atom stereocenters. The summed E-state index contributed by atoms with van der Waals surface area (Å²) in [6.45, 7) is 1.83.